The molecule has 0 saturated carbocycles. The van der Waals surface area contributed by atoms with E-state index >= 15 is 0 Å². The van der Waals surface area contributed by atoms with Gasteiger partial charge in [0.2, 0.25) is 5.91 Å². The minimum atomic E-state index is -0.226. The van der Waals surface area contributed by atoms with Crippen LogP contribution in [0.5, 0.6) is 0 Å². The van der Waals surface area contributed by atoms with Gasteiger partial charge < -0.3 is 30.1 Å². The van der Waals surface area contributed by atoms with Gasteiger partial charge in [0.15, 0.2) is 0 Å². The van der Waals surface area contributed by atoms with Gasteiger partial charge in [-0.15, -0.1) is 0 Å². The van der Waals surface area contributed by atoms with Gasteiger partial charge in [0.1, 0.15) is 0 Å². The SMILES string of the molecule is CC.C[C-](C)CC(C)(C)C(=O)N1CC[CH-]CC1.C[CH-]C.C[CH-]C.[Au].[Au]. The Morgan fingerprint density at radius 3 is 1.60 bits per heavy atom. The summed E-state index contributed by atoms with van der Waals surface area (Å²) in [4.78, 5) is 14.3. The van der Waals surface area contributed by atoms with E-state index in [2.05, 4.69) is 34.1 Å². The molecule has 0 aromatic heterocycles. The molecule has 0 aromatic rings. The van der Waals surface area contributed by atoms with Crippen molar-refractivity contribution in [3.63, 3.8) is 0 Å². The Morgan fingerprint density at radius 2 is 1.32 bits per heavy atom. The second-order valence-electron chi connectivity index (χ2n) is 6.58. The van der Waals surface area contributed by atoms with Gasteiger partial charge in [-0.3, -0.25) is 4.79 Å². The summed E-state index contributed by atoms with van der Waals surface area (Å²) in [5, 5.41) is 0. The Morgan fingerprint density at radius 1 is 1.00 bits per heavy atom. The van der Waals surface area contributed by atoms with E-state index < -0.39 is 0 Å². The monoisotopic (exact) mass is 719 g/mol. The van der Waals surface area contributed by atoms with E-state index in [0.717, 1.165) is 32.4 Å². The van der Waals surface area contributed by atoms with Gasteiger partial charge in [0.05, 0.1) is 0 Å². The van der Waals surface area contributed by atoms with Crippen LogP contribution < -0.4 is 0 Å². The summed E-state index contributed by atoms with van der Waals surface area (Å²) in [5.41, 5.74) is -0.226. The van der Waals surface area contributed by atoms with Crippen molar-refractivity contribution >= 4 is 5.91 Å². The van der Waals surface area contributed by atoms with Crippen molar-refractivity contribution < 1.29 is 49.6 Å². The molecule has 1 aliphatic rings. The molecule has 4 heteroatoms. The van der Waals surface area contributed by atoms with Crippen LogP contribution in [0.15, 0.2) is 0 Å². The smallest absolute Gasteiger partial charge is 0.225 e. The molecular weight excluding hydrogens is 676 g/mol. The molecule has 2 nitrogen and oxygen atoms in total. The quantitative estimate of drug-likeness (QED) is 0.247. The van der Waals surface area contributed by atoms with Crippen molar-refractivity contribution in [1.82, 2.24) is 4.90 Å². The number of amides is 1. The molecule has 1 amide bonds. The van der Waals surface area contributed by atoms with Crippen LogP contribution in [0.2, 0.25) is 0 Å². The van der Waals surface area contributed by atoms with Crippen LogP contribution in [-0.2, 0) is 49.6 Å². The fourth-order valence-electron chi connectivity index (χ4n) is 2.34. The summed E-state index contributed by atoms with van der Waals surface area (Å²) in [6, 6.07) is 0. The molecule has 2 radical (unpaired) electrons. The zero-order valence-electron chi connectivity index (χ0n) is 18.2. The first-order chi connectivity index (χ1) is 10.8. The van der Waals surface area contributed by atoms with Gasteiger partial charge >= 0.3 is 0 Å². The van der Waals surface area contributed by atoms with Crippen molar-refractivity contribution in [2.75, 3.05) is 13.1 Å². The average Bonchev–Trinajstić information content (AvgIpc) is 2.50. The predicted octanol–water partition coefficient (Wildman–Crippen LogP) is 6.33. The third-order valence-corrected chi connectivity index (χ3v) is 2.87. The number of carbonyl (C=O) groups excluding carboxylic acids is 1. The molecule has 0 spiro atoms. The Kier molecular flexibility index (Phi) is 36.7. The number of nitrogens with zero attached hydrogens (tertiary/aromatic N) is 1. The van der Waals surface area contributed by atoms with E-state index in [-0.39, 0.29) is 50.2 Å². The van der Waals surface area contributed by atoms with Crippen LogP contribution in [-0.4, -0.2) is 23.9 Å². The van der Waals surface area contributed by atoms with Crippen molar-refractivity contribution in [1.29, 1.82) is 0 Å². The Bertz CT molecular complexity index is 248. The number of piperidine rings is 1. The topological polar surface area (TPSA) is 20.3 Å². The first kappa shape index (κ1) is 36.8. The molecule has 1 heterocycles. The van der Waals surface area contributed by atoms with Gasteiger partial charge in [0.25, 0.3) is 0 Å². The summed E-state index contributed by atoms with van der Waals surface area (Å²) in [7, 11) is 0. The average molecular weight is 720 g/mol. The second kappa shape index (κ2) is 25.0. The molecular formula is C21H43Au2NO-4. The van der Waals surface area contributed by atoms with E-state index in [9.17, 15) is 4.79 Å². The minimum absolute atomic E-state index is 0. The summed E-state index contributed by atoms with van der Waals surface area (Å²) < 4.78 is 0. The normalized spacial score (nSPS) is 12.7. The second-order valence-corrected chi connectivity index (χ2v) is 6.58. The molecule has 0 N–H and O–H groups in total. The fourth-order valence-corrected chi connectivity index (χ4v) is 2.34. The molecule has 1 aliphatic heterocycles. The Labute approximate surface area is 191 Å². The third kappa shape index (κ3) is 22.9. The first-order valence-electron chi connectivity index (χ1n) is 9.14. The van der Waals surface area contributed by atoms with Crippen molar-refractivity contribution in [2.24, 2.45) is 5.41 Å². The Balaban J connectivity index is -0.000000115. The van der Waals surface area contributed by atoms with E-state index in [1.165, 1.54) is 5.92 Å². The summed E-state index contributed by atoms with van der Waals surface area (Å²) in [6.07, 6.45) is 9.27. The summed E-state index contributed by atoms with van der Waals surface area (Å²) in [6.45, 7) is 22.1. The van der Waals surface area contributed by atoms with Gasteiger partial charge in [-0.25, -0.2) is 0 Å². The number of hydrogen-bond donors (Lipinski definition) is 0. The number of rotatable bonds is 3. The third-order valence-electron chi connectivity index (χ3n) is 2.87. The first-order valence-corrected chi connectivity index (χ1v) is 9.14. The molecule has 25 heavy (non-hydrogen) atoms. The molecule has 0 unspecified atom stereocenters. The number of likely N-dealkylation sites (tertiary alicyclic amines) is 1. The zero-order valence-corrected chi connectivity index (χ0v) is 22.6. The molecule has 0 aliphatic carbocycles. The maximum absolute atomic E-state index is 12.3. The maximum Gasteiger partial charge on any atom is 0.225 e. The fraction of sp³-hybridized carbons (Fsp3) is 0.762. The van der Waals surface area contributed by atoms with E-state index in [1.807, 2.05) is 59.3 Å². The number of hydrogen-bond acceptors (Lipinski definition) is 1. The van der Waals surface area contributed by atoms with Crippen LogP contribution in [0.25, 0.3) is 0 Å². The van der Waals surface area contributed by atoms with Gasteiger partial charge in [-0.2, -0.15) is 60.8 Å². The van der Waals surface area contributed by atoms with Crippen LogP contribution >= 0.6 is 0 Å². The molecule has 0 aromatic carbocycles. The molecule has 1 rings (SSSR count). The van der Waals surface area contributed by atoms with Crippen LogP contribution in [0.1, 0.15) is 88.5 Å². The molecule has 164 valence electrons. The molecule has 0 atom stereocenters. The predicted molar refractivity (Wildman–Crippen MR) is 106 cm³/mol. The van der Waals surface area contributed by atoms with Crippen molar-refractivity contribution in [3.8, 4) is 0 Å². The maximum atomic E-state index is 12.3. The van der Waals surface area contributed by atoms with Crippen molar-refractivity contribution in [3.05, 3.63) is 25.2 Å². The van der Waals surface area contributed by atoms with Crippen LogP contribution in [0, 0.1) is 30.6 Å². The van der Waals surface area contributed by atoms with Gasteiger partial charge in [0, 0.05) is 50.2 Å². The number of carbonyl (C=O) groups is 1. The molecule has 1 saturated heterocycles. The van der Waals surface area contributed by atoms with Gasteiger partial charge in [-0.05, 0) is 13.1 Å². The summed E-state index contributed by atoms with van der Waals surface area (Å²) in [5.74, 6) is 1.65. The summed E-state index contributed by atoms with van der Waals surface area (Å²) >= 11 is 0. The van der Waals surface area contributed by atoms with Crippen LogP contribution in [0.3, 0.4) is 0 Å². The molecule has 1 fully saturated rings. The van der Waals surface area contributed by atoms with E-state index in [4.69, 9.17) is 0 Å². The van der Waals surface area contributed by atoms with E-state index in [0.29, 0.717) is 5.91 Å². The van der Waals surface area contributed by atoms with Crippen molar-refractivity contribution in [2.45, 2.75) is 88.5 Å². The molecule has 0 bridgehead atoms. The van der Waals surface area contributed by atoms with Crippen LogP contribution in [0.4, 0.5) is 0 Å². The zero-order chi connectivity index (χ0) is 18.9. The van der Waals surface area contributed by atoms with E-state index in [1.54, 1.807) is 0 Å². The largest absolute Gasteiger partial charge is 0.347 e. The van der Waals surface area contributed by atoms with Gasteiger partial charge in [-0.1, -0.05) is 27.7 Å². The minimum Gasteiger partial charge on any atom is -0.347 e. The standard InChI is InChI=1S/C13H23NO.2C3H7.C2H6.2Au/c1-11(2)10-13(3,4)12(15)14-8-6-5-7-9-14;2*1-3-2;1-2;;/h5H,6-10H2,1-4H3;2*3H,1-2H3;1-2H3;;/q-2;2*-1;;;. The Hall–Kier alpha value is 0.951.